The minimum atomic E-state index is -0.0580. The fourth-order valence-electron chi connectivity index (χ4n) is 3.04. The Morgan fingerprint density at radius 1 is 1.13 bits per heavy atom. The lowest BCUT2D eigenvalue weighted by atomic mass is 10.2. The molecule has 2 aromatic rings. The number of carbonyl (C=O) groups is 1. The van der Waals surface area contributed by atoms with Crippen LogP contribution in [-0.2, 0) is 11.3 Å². The van der Waals surface area contributed by atoms with E-state index in [1.807, 2.05) is 6.07 Å². The zero-order valence-corrected chi connectivity index (χ0v) is 12.5. The molecular weight excluding hydrogens is 298 g/mol. The molecule has 1 unspecified atom stereocenters. The van der Waals surface area contributed by atoms with E-state index in [4.69, 9.17) is 0 Å². The first-order valence-electron chi connectivity index (χ1n) is 7.60. The van der Waals surface area contributed by atoms with Gasteiger partial charge < -0.3 is 10.2 Å². The van der Waals surface area contributed by atoms with Crippen molar-refractivity contribution < 1.29 is 4.79 Å². The lowest BCUT2D eigenvalue weighted by Gasteiger charge is -2.38. The molecule has 4 heterocycles. The monoisotopic (exact) mass is 315 g/mol. The van der Waals surface area contributed by atoms with Crippen molar-refractivity contribution in [2.24, 2.45) is 0 Å². The van der Waals surface area contributed by atoms with Crippen LogP contribution in [0.1, 0.15) is 11.9 Å². The first-order chi connectivity index (χ1) is 11.3. The molecule has 1 amide bonds. The second kappa shape index (κ2) is 5.88. The highest BCUT2D eigenvalue weighted by molar-refractivity contribution is 5.76. The summed E-state index contributed by atoms with van der Waals surface area (Å²) in [7, 11) is 0. The van der Waals surface area contributed by atoms with Crippen molar-refractivity contribution in [2.45, 2.75) is 12.6 Å². The summed E-state index contributed by atoms with van der Waals surface area (Å²) in [5, 5.41) is 14.7. The van der Waals surface area contributed by atoms with Crippen molar-refractivity contribution in [1.82, 2.24) is 40.4 Å². The minimum absolute atomic E-state index is 0.00436. The van der Waals surface area contributed by atoms with Crippen molar-refractivity contribution >= 4 is 11.9 Å². The summed E-state index contributed by atoms with van der Waals surface area (Å²) in [4.78, 5) is 24.8. The largest absolute Gasteiger partial charge is 0.352 e. The lowest BCUT2D eigenvalue weighted by Crippen LogP contribution is -2.50. The molecule has 2 aromatic heterocycles. The lowest BCUT2D eigenvalue weighted by molar-refractivity contribution is -0.121. The molecule has 2 aliphatic heterocycles. The molecule has 1 N–H and O–H groups in total. The van der Waals surface area contributed by atoms with E-state index < -0.39 is 0 Å². The molecular formula is C13H17N9O. The highest BCUT2D eigenvalue weighted by Gasteiger charge is 2.32. The second-order valence-corrected chi connectivity index (χ2v) is 5.59. The van der Waals surface area contributed by atoms with Gasteiger partial charge in [-0.3, -0.25) is 9.69 Å². The standard InChI is InChI=1S/C13H17N9O/c23-11-9-22-12(17-18-19-22)10(8-16-11)20-4-6-21(7-5-20)13-14-2-1-3-15-13/h1-3,10H,4-9H2,(H,16,23). The predicted molar refractivity (Wildman–Crippen MR) is 79.4 cm³/mol. The molecule has 0 saturated carbocycles. The van der Waals surface area contributed by atoms with Crippen LogP contribution >= 0.6 is 0 Å². The van der Waals surface area contributed by atoms with E-state index in [0.29, 0.717) is 6.54 Å². The van der Waals surface area contributed by atoms with Gasteiger partial charge in [-0.15, -0.1) is 5.10 Å². The summed E-state index contributed by atoms with van der Waals surface area (Å²) < 4.78 is 1.58. The average molecular weight is 315 g/mol. The van der Waals surface area contributed by atoms with Gasteiger partial charge in [-0.1, -0.05) is 0 Å². The molecule has 2 aliphatic rings. The number of piperazine rings is 1. The Morgan fingerprint density at radius 2 is 1.91 bits per heavy atom. The van der Waals surface area contributed by atoms with E-state index in [9.17, 15) is 4.79 Å². The Balaban J connectivity index is 1.47. The molecule has 0 radical (unpaired) electrons. The van der Waals surface area contributed by atoms with Crippen LogP contribution in [0.2, 0.25) is 0 Å². The highest BCUT2D eigenvalue weighted by Crippen LogP contribution is 2.22. The van der Waals surface area contributed by atoms with Gasteiger partial charge in [0, 0.05) is 45.1 Å². The van der Waals surface area contributed by atoms with Crippen molar-refractivity contribution in [3.05, 3.63) is 24.3 Å². The highest BCUT2D eigenvalue weighted by atomic mass is 16.2. The Hall–Kier alpha value is -2.62. The van der Waals surface area contributed by atoms with Gasteiger partial charge in [0.2, 0.25) is 11.9 Å². The van der Waals surface area contributed by atoms with Gasteiger partial charge in [-0.2, -0.15) is 0 Å². The first-order valence-corrected chi connectivity index (χ1v) is 7.60. The number of rotatable bonds is 2. The van der Waals surface area contributed by atoms with Gasteiger partial charge in [0.1, 0.15) is 6.54 Å². The number of nitrogens with zero attached hydrogens (tertiary/aromatic N) is 8. The van der Waals surface area contributed by atoms with Crippen molar-refractivity contribution in [2.75, 3.05) is 37.6 Å². The summed E-state index contributed by atoms with van der Waals surface area (Å²) in [6.07, 6.45) is 3.51. The zero-order chi connectivity index (χ0) is 15.6. The van der Waals surface area contributed by atoms with Crippen LogP contribution in [0.25, 0.3) is 0 Å². The SMILES string of the molecule is O=C1Cn2nnnc2C(N2CCN(c3ncccn3)CC2)CN1. The molecule has 0 aromatic carbocycles. The summed E-state index contributed by atoms with van der Waals surface area (Å²) in [6.45, 7) is 4.04. The number of carbonyl (C=O) groups excluding carboxylic acids is 1. The normalized spacial score (nSPS) is 22.3. The Morgan fingerprint density at radius 3 is 2.70 bits per heavy atom. The number of tetrazole rings is 1. The van der Waals surface area contributed by atoms with E-state index in [1.54, 1.807) is 17.1 Å². The van der Waals surface area contributed by atoms with E-state index in [1.165, 1.54) is 0 Å². The van der Waals surface area contributed by atoms with E-state index in [2.05, 4.69) is 40.6 Å². The molecule has 0 aliphatic carbocycles. The topological polar surface area (TPSA) is 105 Å². The van der Waals surface area contributed by atoms with Gasteiger partial charge in [0.25, 0.3) is 0 Å². The predicted octanol–water partition coefficient (Wildman–Crippen LogP) is -1.54. The number of hydrogen-bond acceptors (Lipinski definition) is 8. The molecule has 120 valence electrons. The Labute approximate surface area is 132 Å². The quantitative estimate of drug-likeness (QED) is 0.710. The number of nitrogens with one attached hydrogen (secondary N) is 1. The summed E-state index contributed by atoms with van der Waals surface area (Å²) >= 11 is 0. The van der Waals surface area contributed by atoms with Crippen molar-refractivity contribution in [3.63, 3.8) is 0 Å². The fraction of sp³-hybridized carbons (Fsp3) is 0.538. The third kappa shape index (κ3) is 2.72. The van der Waals surface area contributed by atoms with Crippen LogP contribution in [0.4, 0.5) is 5.95 Å². The zero-order valence-electron chi connectivity index (χ0n) is 12.5. The molecule has 1 fully saturated rings. The number of hydrogen-bond donors (Lipinski definition) is 1. The van der Waals surface area contributed by atoms with Crippen LogP contribution in [0, 0.1) is 0 Å². The van der Waals surface area contributed by atoms with Crippen LogP contribution in [0.3, 0.4) is 0 Å². The fourth-order valence-corrected chi connectivity index (χ4v) is 3.04. The van der Waals surface area contributed by atoms with Crippen LogP contribution in [0.15, 0.2) is 18.5 Å². The smallest absolute Gasteiger partial charge is 0.241 e. The Bertz CT molecular complexity index is 680. The minimum Gasteiger partial charge on any atom is -0.352 e. The van der Waals surface area contributed by atoms with Crippen LogP contribution < -0.4 is 10.2 Å². The van der Waals surface area contributed by atoms with E-state index in [0.717, 1.165) is 38.0 Å². The molecule has 0 bridgehead atoms. The van der Waals surface area contributed by atoms with E-state index >= 15 is 0 Å². The van der Waals surface area contributed by atoms with Crippen LogP contribution in [0.5, 0.6) is 0 Å². The number of amides is 1. The van der Waals surface area contributed by atoms with Gasteiger partial charge in [0.05, 0.1) is 6.04 Å². The summed E-state index contributed by atoms with van der Waals surface area (Å²) in [5.74, 6) is 1.44. The molecule has 1 atom stereocenters. The van der Waals surface area contributed by atoms with Gasteiger partial charge in [-0.05, 0) is 16.5 Å². The molecule has 23 heavy (non-hydrogen) atoms. The molecule has 1 saturated heterocycles. The maximum Gasteiger partial charge on any atom is 0.241 e. The third-order valence-corrected chi connectivity index (χ3v) is 4.23. The molecule has 10 heteroatoms. The van der Waals surface area contributed by atoms with Crippen molar-refractivity contribution in [3.8, 4) is 0 Å². The van der Waals surface area contributed by atoms with Gasteiger partial charge in [-0.25, -0.2) is 14.6 Å². The number of fused-ring (bicyclic) bond motifs is 1. The number of anilines is 1. The van der Waals surface area contributed by atoms with Crippen molar-refractivity contribution in [1.29, 1.82) is 0 Å². The van der Waals surface area contributed by atoms with Gasteiger partial charge in [0.15, 0.2) is 5.82 Å². The first kappa shape index (κ1) is 14.0. The van der Waals surface area contributed by atoms with Crippen LogP contribution in [-0.4, -0.2) is 73.7 Å². The second-order valence-electron chi connectivity index (χ2n) is 5.59. The summed E-state index contributed by atoms with van der Waals surface area (Å²) in [6, 6.07) is 1.81. The molecule has 10 nitrogen and oxygen atoms in total. The van der Waals surface area contributed by atoms with Gasteiger partial charge >= 0.3 is 0 Å². The van der Waals surface area contributed by atoms with E-state index in [-0.39, 0.29) is 18.5 Å². The summed E-state index contributed by atoms with van der Waals surface area (Å²) in [5.41, 5.74) is 0. The Kier molecular flexibility index (Phi) is 3.58. The maximum absolute atomic E-state index is 11.7. The molecule has 4 rings (SSSR count). The maximum atomic E-state index is 11.7. The number of aromatic nitrogens is 6. The third-order valence-electron chi connectivity index (χ3n) is 4.23. The average Bonchev–Trinajstić information content (AvgIpc) is 2.98. The molecule has 0 spiro atoms.